The lowest BCUT2D eigenvalue weighted by atomic mass is 10.2. The smallest absolute Gasteiger partial charge is 0.290 e. The van der Waals surface area contributed by atoms with E-state index < -0.39 is 0 Å². The number of pyridine rings is 1. The number of ether oxygens (including phenoxy) is 2. The highest BCUT2D eigenvalue weighted by Crippen LogP contribution is 2.36. The van der Waals surface area contributed by atoms with Gasteiger partial charge in [0.05, 0.1) is 11.9 Å². The number of fused-ring (bicyclic) bond motifs is 2. The molecule has 1 aromatic carbocycles. The average molecular weight is 480 g/mol. The van der Waals surface area contributed by atoms with Gasteiger partial charge in [0.25, 0.3) is 5.91 Å². The van der Waals surface area contributed by atoms with Crippen LogP contribution in [-0.2, 0) is 0 Å². The summed E-state index contributed by atoms with van der Waals surface area (Å²) in [6.45, 7) is 1.98. The van der Waals surface area contributed by atoms with Gasteiger partial charge in [0.15, 0.2) is 11.5 Å². The highest BCUT2D eigenvalue weighted by atomic mass is 79.9. The average Bonchev–Trinajstić information content (AvgIpc) is 3.17. The first kappa shape index (κ1) is 17.0. The molecule has 26 heavy (non-hydrogen) atoms. The highest BCUT2D eigenvalue weighted by molar-refractivity contribution is 9.10. The maximum absolute atomic E-state index is 12.6. The number of amides is 1. The van der Waals surface area contributed by atoms with Crippen molar-refractivity contribution in [1.29, 1.82) is 0 Å². The Morgan fingerprint density at radius 2 is 2.08 bits per heavy atom. The van der Waals surface area contributed by atoms with Crippen LogP contribution >= 0.6 is 31.9 Å². The number of aromatic nitrogens is 2. The fraction of sp³-hybridized carbons (Fsp3) is 0.118. The van der Waals surface area contributed by atoms with Crippen molar-refractivity contribution in [3.05, 3.63) is 56.4 Å². The van der Waals surface area contributed by atoms with Gasteiger partial charge >= 0.3 is 0 Å². The third-order valence-corrected chi connectivity index (χ3v) is 4.99. The van der Waals surface area contributed by atoms with Crippen LogP contribution in [0.3, 0.4) is 0 Å². The van der Waals surface area contributed by atoms with Gasteiger partial charge in [-0.15, -0.1) is 0 Å². The number of halogens is 2. The number of imidazole rings is 1. The normalized spacial score (nSPS) is 12.9. The van der Waals surface area contributed by atoms with Crippen LogP contribution in [0.15, 0.2) is 44.5 Å². The number of nitrogens with one attached hydrogen (secondary N) is 1. The molecule has 132 valence electrons. The molecule has 1 aliphatic rings. The molecule has 0 saturated carbocycles. The Morgan fingerprint density at radius 3 is 2.88 bits per heavy atom. The first-order valence-corrected chi connectivity index (χ1v) is 9.18. The van der Waals surface area contributed by atoms with Gasteiger partial charge in [0.2, 0.25) is 6.79 Å². The summed E-state index contributed by atoms with van der Waals surface area (Å²) in [5, 5.41) is 4.05. The van der Waals surface area contributed by atoms with E-state index in [4.69, 9.17) is 9.47 Å². The number of hydrogen-bond acceptors (Lipinski definition) is 5. The molecular formula is C17H12Br2N4O3. The molecule has 3 aromatic rings. The molecule has 1 amide bonds. The Labute approximate surface area is 165 Å². The summed E-state index contributed by atoms with van der Waals surface area (Å²) in [5.74, 6) is 0.967. The van der Waals surface area contributed by atoms with Crippen LogP contribution in [-0.4, -0.2) is 28.3 Å². The summed E-state index contributed by atoms with van der Waals surface area (Å²) in [7, 11) is 0. The molecule has 0 aliphatic carbocycles. The lowest BCUT2D eigenvalue weighted by Crippen LogP contribution is -2.20. The second-order valence-corrected chi connectivity index (χ2v) is 7.32. The van der Waals surface area contributed by atoms with E-state index in [1.165, 1.54) is 0 Å². The van der Waals surface area contributed by atoms with Crippen LogP contribution in [0.2, 0.25) is 0 Å². The van der Waals surface area contributed by atoms with Gasteiger partial charge in [-0.25, -0.2) is 10.4 Å². The summed E-state index contributed by atoms with van der Waals surface area (Å²) in [4.78, 5) is 16.9. The minimum absolute atomic E-state index is 0.197. The van der Waals surface area contributed by atoms with Crippen LogP contribution in [0.1, 0.15) is 21.7 Å². The zero-order valence-electron chi connectivity index (χ0n) is 13.5. The molecule has 7 nitrogen and oxygen atoms in total. The number of aryl methyl sites for hydroxylation is 1. The molecule has 2 aromatic heterocycles. The van der Waals surface area contributed by atoms with Gasteiger partial charge in [-0.2, -0.15) is 5.10 Å². The van der Waals surface area contributed by atoms with Crippen molar-refractivity contribution >= 4 is 49.6 Å². The van der Waals surface area contributed by atoms with Crippen LogP contribution < -0.4 is 14.9 Å². The van der Waals surface area contributed by atoms with Crippen molar-refractivity contribution in [2.45, 2.75) is 6.92 Å². The number of benzene rings is 1. The van der Waals surface area contributed by atoms with Gasteiger partial charge in [-0.3, -0.25) is 9.20 Å². The molecule has 0 spiro atoms. The van der Waals surface area contributed by atoms with Crippen molar-refractivity contribution in [2.24, 2.45) is 5.10 Å². The van der Waals surface area contributed by atoms with Gasteiger partial charge in [0, 0.05) is 20.7 Å². The zero-order valence-corrected chi connectivity index (χ0v) is 16.7. The quantitative estimate of drug-likeness (QED) is 0.459. The molecule has 3 heterocycles. The minimum Gasteiger partial charge on any atom is -0.454 e. The van der Waals surface area contributed by atoms with Gasteiger partial charge in [-0.05, 0) is 63.0 Å². The molecular weight excluding hydrogens is 468 g/mol. The summed E-state index contributed by atoms with van der Waals surface area (Å²) in [5.41, 5.74) is 5.05. The number of carbonyl (C=O) groups excluding carboxylic acids is 1. The number of hydrogen-bond donors (Lipinski definition) is 1. The van der Waals surface area contributed by atoms with E-state index >= 15 is 0 Å². The van der Waals surface area contributed by atoms with Crippen molar-refractivity contribution in [1.82, 2.24) is 14.8 Å². The maximum atomic E-state index is 12.6. The Bertz CT molecular complexity index is 1060. The van der Waals surface area contributed by atoms with Crippen molar-refractivity contribution in [2.75, 3.05) is 6.79 Å². The number of hydrazone groups is 1. The molecule has 0 saturated heterocycles. The van der Waals surface area contributed by atoms with E-state index in [2.05, 4.69) is 47.4 Å². The summed E-state index contributed by atoms with van der Waals surface area (Å²) in [6, 6.07) is 7.30. The predicted octanol–water partition coefficient (Wildman–Crippen LogP) is 3.66. The van der Waals surface area contributed by atoms with E-state index in [0.29, 0.717) is 28.5 Å². The summed E-state index contributed by atoms with van der Waals surface area (Å²) < 4.78 is 14.0. The number of nitrogens with zero attached hydrogens (tertiary/aromatic N) is 3. The largest absolute Gasteiger partial charge is 0.454 e. The van der Waals surface area contributed by atoms with Crippen molar-refractivity contribution < 1.29 is 14.3 Å². The lowest BCUT2D eigenvalue weighted by Gasteiger charge is -2.03. The molecule has 9 heteroatoms. The zero-order chi connectivity index (χ0) is 18.3. The first-order valence-electron chi connectivity index (χ1n) is 7.59. The van der Waals surface area contributed by atoms with E-state index in [1.54, 1.807) is 35.9 Å². The monoisotopic (exact) mass is 478 g/mol. The standard InChI is InChI=1S/C17H12Br2N4O3/c1-9-16(23-7-11(18)2-3-15(23)21-9)17(24)22-20-6-10-4-13-14(5-12(10)19)26-8-25-13/h2-7H,8H2,1H3,(H,22,24)/b20-6-. The van der Waals surface area contributed by atoms with Crippen LogP contribution in [0.5, 0.6) is 11.5 Å². The van der Waals surface area contributed by atoms with Crippen LogP contribution in [0.4, 0.5) is 0 Å². The number of carbonyl (C=O) groups is 1. The Balaban J connectivity index is 1.57. The SMILES string of the molecule is Cc1nc2ccc(Br)cn2c1C(=O)N/N=C\c1cc2c(cc1Br)OCO2. The molecule has 0 bridgehead atoms. The third-order valence-electron chi connectivity index (χ3n) is 3.83. The molecule has 4 rings (SSSR count). The third kappa shape index (κ3) is 3.08. The molecule has 0 radical (unpaired) electrons. The van der Waals surface area contributed by atoms with E-state index in [0.717, 1.165) is 14.5 Å². The fourth-order valence-electron chi connectivity index (χ4n) is 2.66. The minimum atomic E-state index is -0.346. The Hall–Kier alpha value is -2.39. The molecule has 0 unspecified atom stereocenters. The highest BCUT2D eigenvalue weighted by Gasteiger charge is 2.17. The van der Waals surface area contributed by atoms with Crippen LogP contribution in [0.25, 0.3) is 5.65 Å². The van der Waals surface area contributed by atoms with E-state index in [1.807, 2.05) is 12.1 Å². The Kier molecular flexibility index (Phi) is 4.41. The predicted molar refractivity (Wildman–Crippen MR) is 103 cm³/mol. The fourth-order valence-corrected chi connectivity index (χ4v) is 3.42. The summed E-state index contributed by atoms with van der Waals surface area (Å²) >= 11 is 6.85. The second kappa shape index (κ2) is 6.73. The molecule has 1 N–H and O–H groups in total. The summed E-state index contributed by atoms with van der Waals surface area (Å²) in [6.07, 6.45) is 3.33. The first-order chi connectivity index (χ1) is 12.5. The van der Waals surface area contributed by atoms with E-state index in [9.17, 15) is 4.79 Å². The van der Waals surface area contributed by atoms with Crippen molar-refractivity contribution in [3.8, 4) is 11.5 Å². The Morgan fingerprint density at radius 1 is 1.31 bits per heavy atom. The van der Waals surface area contributed by atoms with E-state index in [-0.39, 0.29) is 12.7 Å². The topological polar surface area (TPSA) is 77.2 Å². The van der Waals surface area contributed by atoms with Gasteiger partial charge in [0.1, 0.15) is 11.3 Å². The van der Waals surface area contributed by atoms with Gasteiger partial charge < -0.3 is 9.47 Å². The number of rotatable bonds is 3. The molecule has 1 aliphatic heterocycles. The lowest BCUT2D eigenvalue weighted by molar-refractivity contribution is 0.0948. The van der Waals surface area contributed by atoms with Gasteiger partial charge in [-0.1, -0.05) is 0 Å². The molecule has 0 fully saturated rings. The molecule has 0 atom stereocenters. The van der Waals surface area contributed by atoms with Crippen LogP contribution in [0, 0.1) is 6.92 Å². The maximum Gasteiger partial charge on any atom is 0.290 e. The van der Waals surface area contributed by atoms with Crippen molar-refractivity contribution in [3.63, 3.8) is 0 Å². The second-order valence-electron chi connectivity index (χ2n) is 5.55.